The number of nitrogens with zero attached hydrogens (tertiary/aromatic N) is 3. The van der Waals surface area contributed by atoms with E-state index >= 15 is 0 Å². The number of methoxy groups -OCH3 is 2. The number of nitrogens with one attached hydrogen (secondary N) is 2. The number of anilines is 2. The molecule has 1 amide bonds. The molecule has 2 aromatic heterocycles. The normalized spacial score (nSPS) is 16.6. The third-order valence-electron chi connectivity index (χ3n) is 7.01. The van der Waals surface area contributed by atoms with Crippen LogP contribution in [0.15, 0.2) is 72.9 Å². The molecule has 3 heterocycles. The van der Waals surface area contributed by atoms with Gasteiger partial charge < -0.3 is 34.7 Å². The number of aromatic nitrogens is 2. The van der Waals surface area contributed by atoms with Crippen molar-refractivity contribution in [1.82, 2.24) is 14.9 Å². The smallest absolute Gasteiger partial charge is 0.250 e. The van der Waals surface area contributed by atoms with Crippen LogP contribution in [-0.4, -0.2) is 46.5 Å². The zero-order chi connectivity index (χ0) is 28.4. The van der Waals surface area contributed by atoms with Gasteiger partial charge in [-0.25, -0.2) is 0 Å². The van der Waals surface area contributed by atoms with E-state index in [0.29, 0.717) is 16.5 Å². The second-order valence-corrected chi connectivity index (χ2v) is 9.93. The molecule has 1 aliphatic heterocycles. The predicted molar refractivity (Wildman–Crippen MR) is 158 cm³/mol. The quantitative estimate of drug-likeness (QED) is 0.261. The van der Waals surface area contributed by atoms with Crippen molar-refractivity contribution < 1.29 is 19.4 Å². The molecule has 0 aliphatic carbocycles. The summed E-state index contributed by atoms with van der Waals surface area (Å²) < 4.78 is 12.7. The van der Waals surface area contributed by atoms with E-state index in [1.165, 1.54) is 7.11 Å². The highest BCUT2D eigenvalue weighted by Gasteiger charge is 2.42. The van der Waals surface area contributed by atoms with Crippen LogP contribution < -0.4 is 20.3 Å². The Bertz CT molecular complexity index is 1540. The Morgan fingerprint density at radius 2 is 1.82 bits per heavy atom. The van der Waals surface area contributed by atoms with E-state index in [2.05, 4.69) is 45.0 Å². The topological polar surface area (TPSA) is 101 Å². The molecule has 0 unspecified atom stereocenters. The van der Waals surface area contributed by atoms with Gasteiger partial charge in [-0.05, 0) is 92.3 Å². The minimum Gasteiger partial charge on any atom is -0.508 e. The van der Waals surface area contributed by atoms with Crippen LogP contribution in [0.5, 0.6) is 11.5 Å². The Morgan fingerprint density at radius 1 is 1.07 bits per heavy atom. The standard InChI is InChI=1S/C30H31N5O4S/c1-18-15-23(19(2)34(18)20-8-11-22(36)12-9-20)29-28(24-7-5-6-14-31-24)33-30(40)35(29)21-10-13-26(39-4)25(16-21)32-27(37)17-38-3/h5-16,28-29,36H,17H2,1-4H3,(H,32,37)(H,33,40)/t28-,29-/m0/s1. The highest BCUT2D eigenvalue weighted by Crippen LogP contribution is 2.45. The van der Waals surface area contributed by atoms with E-state index in [9.17, 15) is 9.90 Å². The van der Waals surface area contributed by atoms with Crippen molar-refractivity contribution in [3.63, 3.8) is 0 Å². The molecule has 4 aromatic rings. The second kappa shape index (κ2) is 11.4. The van der Waals surface area contributed by atoms with Gasteiger partial charge in [0, 0.05) is 36.1 Å². The van der Waals surface area contributed by atoms with E-state index in [-0.39, 0.29) is 30.3 Å². The third kappa shape index (κ3) is 5.11. The van der Waals surface area contributed by atoms with Gasteiger partial charge in [-0.15, -0.1) is 0 Å². The number of carbonyl (C=O) groups is 1. The summed E-state index contributed by atoms with van der Waals surface area (Å²) in [6, 6.07) is 20.2. The molecular formula is C30H31N5O4S. The molecule has 10 heteroatoms. The number of benzene rings is 2. The fourth-order valence-electron chi connectivity index (χ4n) is 5.30. The van der Waals surface area contributed by atoms with Gasteiger partial charge in [0.1, 0.15) is 18.1 Å². The molecular weight excluding hydrogens is 526 g/mol. The van der Waals surface area contributed by atoms with Crippen LogP contribution >= 0.6 is 12.2 Å². The second-order valence-electron chi connectivity index (χ2n) is 9.54. The summed E-state index contributed by atoms with van der Waals surface area (Å²) in [4.78, 5) is 19.1. The molecule has 1 aliphatic rings. The highest BCUT2D eigenvalue weighted by atomic mass is 32.1. The summed E-state index contributed by atoms with van der Waals surface area (Å²) in [5.74, 6) is 0.445. The van der Waals surface area contributed by atoms with Crippen LogP contribution in [0, 0.1) is 13.8 Å². The number of hydrogen-bond acceptors (Lipinski definition) is 6. The van der Waals surface area contributed by atoms with Crippen molar-refractivity contribution in [1.29, 1.82) is 0 Å². The van der Waals surface area contributed by atoms with Crippen molar-refractivity contribution in [2.75, 3.05) is 31.0 Å². The van der Waals surface area contributed by atoms with E-state index in [4.69, 9.17) is 21.7 Å². The number of amides is 1. The predicted octanol–water partition coefficient (Wildman–Crippen LogP) is 4.97. The van der Waals surface area contributed by atoms with Gasteiger partial charge in [0.2, 0.25) is 5.91 Å². The van der Waals surface area contributed by atoms with Crippen molar-refractivity contribution in [3.8, 4) is 17.2 Å². The average molecular weight is 558 g/mol. The van der Waals surface area contributed by atoms with Crippen LogP contribution in [-0.2, 0) is 9.53 Å². The molecule has 2 aromatic carbocycles. The summed E-state index contributed by atoms with van der Waals surface area (Å²) in [6.45, 7) is 4.06. The molecule has 9 nitrogen and oxygen atoms in total. The Morgan fingerprint density at radius 3 is 2.50 bits per heavy atom. The number of phenolic OH excluding ortho intramolecular Hbond substituents is 1. The first-order valence-corrected chi connectivity index (χ1v) is 13.2. The number of phenols is 1. The van der Waals surface area contributed by atoms with Crippen molar-refractivity contribution in [3.05, 3.63) is 95.6 Å². The Labute approximate surface area is 238 Å². The Hall–Kier alpha value is -4.41. The maximum atomic E-state index is 12.4. The number of ether oxygens (including phenoxy) is 2. The number of carbonyl (C=O) groups excluding carboxylic acids is 1. The zero-order valence-corrected chi connectivity index (χ0v) is 23.5. The third-order valence-corrected chi connectivity index (χ3v) is 7.32. The molecule has 0 spiro atoms. The molecule has 0 bridgehead atoms. The van der Waals surface area contributed by atoms with Crippen LogP contribution in [0.3, 0.4) is 0 Å². The van der Waals surface area contributed by atoms with Crippen molar-refractivity contribution in [2.24, 2.45) is 0 Å². The number of thiocarbonyl (C=S) groups is 1. The highest BCUT2D eigenvalue weighted by molar-refractivity contribution is 7.80. The molecule has 206 valence electrons. The van der Waals surface area contributed by atoms with Gasteiger partial charge in [0.25, 0.3) is 0 Å². The first-order chi connectivity index (χ1) is 19.3. The van der Waals surface area contributed by atoms with Crippen LogP contribution in [0.1, 0.15) is 34.7 Å². The van der Waals surface area contributed by atoms with Crippen molar-refractivity contribution >= 4 is 34.6 Å². The Kier molecular flexibility index (Phi) is 7.72. The maximum absolute atomic E-state index is 12.4. The minimum absolute atomic E-state index is 0.0787. The van der Waals surface area contributed by atoms with Gasteiger partial charge in [-0.2, -0.15) is 0 Å². The molecule has 5 rings (SSSR count). The molecule has 3 N–H and O–H groups in total. The number of aromatic hydroxyl groups is 1. The minimum atomic E-state index is -0.291. The van der Waals surface area contributed by atoms with Gasteiger partial charge in [-0.1, -0.05) is 6.07 Å². The summed E-state index contributed by atoms with van der Waals surface area (Å²) in [7, 11) is 3.03. The van der Waals surface area contributed by atoms with Gasteiger partial charge >= 0.3 is 0 Å². The number of hydrogen-bond donors (Lipinski definition) is 3. The summed E-state index contributed by atoms with van der Waals surface area (Å²) >= 11 is 5.92. The number of aryl methyl sites for hydroxylation is 1. The van der Waals surface area contributed by atoms with Gasteiger partial charge in [0.05, 0.1) is 30.6 Å². The van der Waals surface area contributed by atoms with E-state index in [1.54, 1.807) is 25.4 Å². The Balaban J connectivity index is 1.64. The van der Waals surface area contributed by atoms with E-state index < -0.39 is 0 Å². The molecule has 2 atom stereocenters. The lowest BCUT2D eigenvalue weighted by Crippen LogP contribution is -2.29. The summed E-state index contributed by atoms with van der Waals surface area (Å²) in [5.41, 5.74) is 6.23. The van der Waals surface area contributed by atoms with Crippen LogP contribution in [0.2, 0.25) is 0 Å². The summed E-state index contributed by atoms with van der Waals surface area (Å²) in [6.07, 6.45) is 1.77. The van der Waals surface area contributed by atoms with Gasteiger partial charge in [-0.3, -0.25) is 9.78 Å². The zero-order valence-electron chi connectivity index (χ0n) is 22.7. The molecule has 0 saturated carbocycles. The lowest BCUT2D eigenvalue weighted by atomic mass is 9.96. The summed E-state index contributed by atoms with van der Waals surface area (Å²) in [5, 5.41) is 16.7. The van der Waals surface area contributed by atoms with E-state index in [0.717, 1.165) is 34.0 Å². The first-order valence-electron chi connectivity index (χ1n) is 12.8. The SMILES string of the molecule is COCC(=O)Nc1cc(N2C(=S)N[C@@H](c3ccccn3)[C@@H]2c2cc(C)n(-c3ccc(O)cc3)c2C)ccc1OC. The monoisotopic (exact) mass is 557 g/mol. The molecule has 1 saturated heterocycles. The first kappa shape index (κ1) is 27.2. The van der Waals surface area contributed by atoms with Crippen LogP contribution in [0.4, 0.5) is 11.4 Å². The average Bonchev–Trinajstić information content (AvgIpc) is 3.44. The molecule has 0 radical (unpaired) electrons. The largest absolute Gasteiger partial charge is 0.508 e. The fourth-order valence-corrected chi connectivity index (χ4v) is 5.64. The van der Waals surface area contributed by atoms with Gasteiger partial charge in [0.15, 0.2) is 5.11 Å². The number of pyridine rings is 1. The van der Waals surface area contributed by atoms with E-state index in [1.807, 2.05) is 48.5 Å². The lowest BCUT2D eigenvalue weighted by Gasteiger charge is -2.29. The van der Waals surface area contributed by atoms with Crippen molar-refractivity contribution in [2.45, 2.75) is 25.9 Å². The maximum Gasteiger partial charge on any atom is 0.250 e. The lowest BCUT2D eigenvalue weighted by molar-refractivity contribution is -0.119. The van der Waals surface area contributed by atoms with Crippen LogP contribution in [0.25, 0.3) is 5.69 Å². The molecule has 1 fully saturated rings. The number of rotatable bonds is 8. The fraction of sp³-hybridized carbons (Fsp3) is 0.233. The molecule has 40 heavy (non-hydrogen) atoms.